The Morgan fingerprint density at radius 2 is 1.75 bits per heavy atom. The lowest BCUT2D eigenvalue weighted by molar-refractivity contribution is 0.112. The molecule has 62 valence electrons. The van der Waals surface area contributed by atoms with Gasteiger partial charge in [-0.15, -0.1) is 0 Å². The lowest BCUT2D eigenvalue weighted by atomic mass is 10.1. The van der Waals surface area contributed by atoms with E-state index in [1.807, 2.05) is 30.3 Å². The highest BCUT2D eigenvalue weighted by Gasteiger charge is 1.96. The summed E-state index contributed by atoms with van der Waals surface area (Å²) in [6.45, 7) is 0. The van der Waals surface area contributed by atoms with Gasteiger partial charge in [-0.2, -0.15) is 0 Å². The number of halogens is 2. The number of benzene rings is 1. The fourth-order valence-corrected chi connectivity index (χ4v) is 1.54. The van der Waals surface area contributed by atoms with Gasteiger partial charge in [-0.1, -0.05) is 24.3 Å². The first-order chi connectivity index (χ1) is 5.74. The minimum absolute atomic E-state index is 0.739. The van der Waals surface area contributed by atoms with Crippen molar-refractivity contribution in [3.05, 3.63) is 37.0 Å². The first kappa shape index (κ1) is 10.2. The van der Waals surface area contributed by atoms with Crippen molar-refractivity contribution >= 4 is 57.5 Å². The fourth-order valence-electron chi connectivity index (χ4n) is 0.867. The van der Waals surface area contributed by atoms with Gasteiger partial charge < -0.3 is 0 Å². The van der Waals surface area contributed by atoms with Crippen molar-refractivity contribution in [2.45, 2.75) is 0 Å². The molecular weight excluding hydrogens is 378 g/mol. The Labute approximate surface area is 98.5 Å². The summed E-state index contributed by atoms with van der Waals surface area (Å²) in [4.78, 5) is 10.6. The van der Waals surface area contributed by atoms with Gasteiger partial charge in [-0.25, -0.2) is 0 Å². The molecule has 0 atom stereocenters. The fraction of sp³-hybridized carbons (Fsp3) is 0. The topological polar surface area (TPSA) is 17.1 Å². The Bertz CT molecular complexity index is 314. The van der Waals surface area contributed by atoms with Crippen LogP contribution in [0.5, 0.6) is 0 Å². The quantitative estimate of drug-likeness (QED) is 0.562. The van der Waals surface area contributed by atoms with E-state index in [4.69, 9.17) is 0 Å². The van der Waals surface area contributed by atoms with Gasteiger partial charge in [-0.05, 0) is 56.8 Å². The van der Waals surface area contributed by atoms with Crippen LogP contribution in [-0.4, -0.2) is 6.29 Å². The number of carbonyl (C=O) groups excluding carboxylic acids is 1. The molecule has 0 aliphatic heterocycles. The van der Waals surface area contributed by atoms with Crippen molar-refractivity contribution in [3.8, 4) is 0 Å². The molecule has 0 N–H and O–H groups in total. The number of aldehydes is 1. The minimum Gasteiger partial charge on any atom is -0.298 e. The van der Waals surface area contributed by atoms with Gasteiger partial charge in [0.2, 0.25) is 0 Å². The average Bonchev–Trinajstić information content (AvgIpc) is 2.04. The average molecular weight is 384 g/mol. The van der Waals surface area contributed by atoms with Gasteiger partial charge in [0.1, 0.15) is 0 Å². The summed E-state index contributed by atoms with van der Waals surface area (Å²) in [7, 11) is 0. The van der Waals surface area contributed by atoms with E-state index in [-0.39, 0.29) is 0 Å². The summed E-state index contributed by atoms with van der Waals surface area (Å²) >= 11 is 4.42. The summed E-state index contributed by atoms with van der Waals surface area (Å²) in [5.41, 5.74) is 1.72. The van der Waals surface area contributed by atoms with Crippen molar-refractivity contribution in [1.82, 2.24) is 0 Å². The highest BCUT2D eigenvalue weighted by Crippen LogP contribution is 2.20. The molecule has 0 heterocycles. The van der Waals surface area contributed by atoms with Crippen molar-refractivity contribution < 1.29 is 4.79 Å². The van der Waals surface area contributed by atoms with Crippen LogP contribution >= 0.6 is 45.2 Å². The molecule has 0 aliphatic carbocycles. The molecular formula is C9H6I2O. The largest absolute Gasteiger partial charge is 0.298 e. The molecule has 1 nitrogen and oxygen atoms in total. The molecule has 0 fully saturated rings. The van der Waals surface area contributed by atoms with Crippen LogP contribution in [0.1, 0.15) is 15.9 Å². The van der Waals surface area contributed by atoms with Crippen LogP contribution in [-0.2, 0) is 0 Å². The standard InChI is InChI=1S/C9H6I2O/c10-9(11)5-7-3-1-2-4-8(7)6-12/h1-6H. The van der Waals surface area contributed by atoms with Gasteiger partial charge in [0.25, 0.3) is 0 Å². The van der Waals surface area contributed by atoms with E-state index in [2.05, 4.69) is 45.2 Å². The predicted octanol–water partition coefficient (Wildman–Crippen LogP) is 3.67. The molecule has 0 unspecified atom stereocenters. The SMILES string of the molecule is O=Cc1ccccc1C=C(I)I. The van der Waals surface area contributed by atoms with E-state index >= 15 is 0 Å². The normalized spacial score (nSPS) is 9.17. The second-order valence-corrected chi connectivity index (χ2v) is 6.57. The maximum atomic E-state index is 10.6. The molecule has 1 aromatic carbocycles. The Morgan fingerprint density at radius 1 is 1.17 bits per heavy atom. The molecule has 0 radical (unpaired) electrons. The number of carbonyl (C=O) groups is 1. The van der Waals surface area contributed by atoms with Crippen molar-refractivity contribution in [2.24, 2.45) is 0 Å². The van der Waals surface area contributed by atoms with Gasteiger partial charge in [-0.3, -0.25) is 4.79 Å². The number of rotatable bonds is 2. The molecule has 0 saturated heterocycles. The Kier molecular flexibility index (Phi) is 4.20. The number of hydrogen-bond donors (Lipinski definition) is 0. The monoisotopic (exact) mass is 384 g/mol. The molecule has 12 heavy (non-hydrogen) atoms. The van der Waals surface area contributed by atoms with Crippen LogP contribution in [0, 0.1) is 0 Å². The van der Waals surface area contributed by atoms with E-state index in [0.717, 1.165) is 19.0 Å². The Morgan fingerprint density at radius 3 is 2.25 bits per heavy atom. The van der Waals surface area contributed by atoms with E-state index in [1.54, 1.807) is 0 Å². The molecule has 0 aliphatic rings. The summed E-state index contributed by atoms with van der Waals surface area (Å²) in [5.74, 6) is 0. The summed E-state index contributed by atoms with van der Waals surface area (Å²) in [5, 5.41) is 0. The van der Waals surface area contributed by atoms with Crippen LogP contribution in [0.15, 0.2) is 25.9 Å². The molecule has 0 saturated carbocycles. The molecule has 1 aromatic rings. The van der Waals surface area contributed by atoms with Crippen LogP contribution in [0.4, 0.5) is 0 Å². The molecule has 0 bridgehead atoms. The maximum absolute atomic E-state index is 10.6. The number of hydrogen-bond acceptors (Lipinski definition) is 1. The van der Waals surface area contributed by atoms with Gasteiger partial charge in [0.15, 0.2) is 6.29 Å². The molecule has 0 amide bonds. The van der Waals surface area contributed by atoms with Crippen LogP contribution < -0.4 is 0 Å². The van der Waals surface area contributed by atoms with E-state index in [0.29, 0.717) is 0 Å². The van der Waals surface area contributed by atoms with Crippen molar-refractivity contribution in [2.75, 3.05) is 0 Å². The van der Waals surface area contributed by atoms with Crippen molar-refractivity contribution in [1.29, 1.82) is 0 Å². The zero-order valence-electron chi connectivity index (χ0n) is 6.13. The summed E-state index contributed by atoms with van der Waals surface area (Å²) in [6.07, 6.45) is 2.85. The van der Waals surface area contributed by atoms with Gasteiger partial charge in [0, 0.05) is 5.56 Å². The third-order valence-corrected chi connectivity index (χ3v) is 2.01. The second-order valence-electron chi connectivity index (χ2n) is 2.18. The van der Waals surface area contributed by atoms with Gasteiger partial charge >= 0.3 is 0 Å². The van der Waals surface area contributed by atoms with Crippen LogP contribution in [0.3, 0.4) is 0 Å². The third kappa shape index (κ3) is 2.85. The molecule has 3 heteroatoms. The summed E-state index contributed by atoms with van der Waals surface area (Å²) < 4.78 is 1.14. The Balaban J connectivity index is 3.14. The molecule has 0 aromatic heterocycles. The third-order valence-electron chi connectivity index (χ3n) is 1.39. The first-order valence-electron chi connectivity index (χ1n) is 3.31. The summed E-state index contributed by atoms with van der Waals surface area (Å²) in [6, 6.07) is 7.53. The van der Waals surface area contributed by atoms with Crippen LogP contribution in [0.25, 0.3) is 6.08 Å². The highest BCUT2D eigenvalue weighted by molar-refractivity contribution is 14.2. The first-order valence-corrected chi connectivity index (χ1v) is 5.46. The van der Waals surface area contributed by atoms with E-state index < -0.39 is 0 Å². The lowest BCUT2D eigenvalue weighted by Gasteiger charge is -1.96. The lowest BCUT2D eigenvalue weighted by Crippen LogP contribution is -1.83. The zero-order chi connectivity index (χ0) is 8.97. The molecule has 0 spiro atoms. The van der Waals surface area contributed by atoms with Crippen molar-refractivity contribution in [3.63, 3.8) is 0 Å². The minimum atomic E-state index is 0.739. The second kappa shape index (κ2) is 4.96. The highest BCUT2D eigenvalue weighted by atomic mass is 127. The molecule has 1 rings (SSSR count). The maximum Gasteiger partial charge on any atom is 0.150 e. The smallest absolute Gasteiger partial charge is 0.150 e. The predicted molar refractivity (Wildman–Crippen MR) is 67.8 cm³/mol. The van der Waals surface area contributed by atoms with Gasteiger partial charge in [0.05, 0.1) is 1.59 Å². The van der Waals surface area contributed by atoms with Crippen LogP contribution in [0.2, 0.25) is 0 Å². The van der Waals surface area contributed by atoms with E-state index in [1.165, 1.54) is 0 Å². The Hall–Kier alpha value is 0.0900. The zero-order valence-corrected chi connectivity index (χ0v) is 10.4. The van der Waals surface area contributed by atoms with E-state index in [9.17, 15) is 4.79 Å².